The molecule has 15 heteroatoms. The molecule has 0 spiro atoms. The Bertz CT molecular complexity index is 1960. The van der Waals surface area contributed by atoms with Gasteiger partial charge in [0.2, 0.25) is 10.0 Å². The highest BCUT2D eigenvalue weighted by Crippen LogP contribution is 2.51. The Balaban J connectivity index is 1.47. The van der Waals surface area contributed by atoms with Gasteiger partial charge in [-0.1, -0.05) is 5.57 Å². The minimum absolute atomic E-state index is 0.00987. The molecule has 4 aromatic rings. The van der Waals surface area contributed by atoms with Gasteiger partial charge in [-0.05, 0) is 98.0 Å². The third kappa shape index (κ3) is 6.09. The monoisotopic (exact) mass is 678 g/mol. The van der Waals surface area contributed by atoms with E-state index in [1.807, 2.05) is 0 Å². The van der Waals surface area contributed by atoms with Crippen molar-refractivity contribution in [1.82, 2.24) is 19.1 Å². The molecular weight excluding hydrogens is 653 g/mol. The average molecular weight is 679 g/mol. The zero-order chi connectivity index (χ0) is 33.7. The van der Waals surface area contributed by atoms with Crippen LogP contribution in [0.2, 0.25) is 0 Å². The number of carbonyl (C=O) groups excluding carboxylic acids is 1. The molecule has 2 heterocycles. The summed E-state index contributed by atoms with van der Waals surface area (Å²) in [6.07, 6.45) is -4.49. The van der Waals surface area contributed by atoms with Crippen LogP contribution in [0.25, 0.3) is 11.8 Å². The summed E-state index contributed by atoms with van der Waals surface area (Å²) in [5.41, 5.74) is -1.40. The summed E-state index contributed by atoms with van der Waals surface area (Å²) in [5.74, 6) is -2.06. The third-order valence-electron chi connectivity index (χ3n) is 8.61. The Morgan fingerprint density at radius 3 is 2.32 bits per heavy atom. The number of rotatable bonds is 8. The smallest absolute Gasteiger partial charge is 0.291 e. The number of sulfonamides is 1. The van der Waals surface area contributed by atoms with E-state index in [4.69, 9.17) is 0 Å². The van der Waals surface area contributed by atoms with Crippen molar-refractivity contribution in [2.75, 3.05) is 6.54 Å². The lowest BCUT2D eigenvalue weighted by atomic mass is 9.60. The predicted molar refractivity (Wildman–Crippen MR) is 155 cm³/mol. The molecule has 47 heavy (non-hydrogen) atoms. The van der Waals surface area contributed by atoms with Gasteiger partial charge < -0.3 is 0 Å². The normalized spacial score (nSPS) is 19.8. The van der Waals surface area contributed by atoms with Crippen molar-refractivity contribution >= 4 is 21.9 Å². The minimum atomic E-state index is -4.79. The number of hydrogen-bond donors (Lipinski definition) is 0. The van der Waals surface area contributed by atoms with Gasteiger partial charge in [-0.15, -0.1) is 0 Å². The van der Waals surface area contributed by atoms with Crippen molar-refractivity contribution in [1.29, 1.82) is 0 Å². The molecule has 2 aromatic carbocycles. The number of fused-ring (bicyclic) bond motifs is 2. The molecule has 0 N–H and O–H groups in total. The van der Waals surface area contributed by atoms with Crippen molar-refractivity contribution < 1.29 is 43.9 Å². The first kappa shape index (κ1) is 32.6. The first-order valence-corrected chi connectivity index (χ1v) is 15.8. The van der Waals surface area contributed by atoms with Crippen molar-refractivity contribution in [3.05, 3.63) is 113 Å². The highest BCUT2D eigenvalue weighted by molar-refractivity contribution is 7.89. The van der Waals surface area contributed by atoms with Gasteiger partial charge in [0.05, 0.1) is 40.0 Å². The fourth-order valence-electron chi connectivity index (χ4n) is 6.42. The summed E-state index contributed by atoms with van der Waals surface area (Å²) in [7, 11) is -4.65. The van der Waals surface area contributed by atoms with Crippen molar-refractivity contribution in [3.63, 3.8) is 0 Å². The molecule has 0 amide bonds. The van der Waals surface area contributed by atoms with E-state index in [1.54, 1.807) is 6.08 Å². The summed E-state index contributed by atoms with van der Waals surface area (Å²) in [5, 5.41) is 4.38. The maximum Gasteiger partial charge on any atom is 0.416 e. The van der Waals surface area contributed by atoms with Crippen LogP contribution in [0, 0.1) is 17.0 Å². The zero-order valence-corrected chi connectivity index (χ0v) is 25.1. The number of aromatic nitrogens is 3. The average Bonchev–Trinajstić information content (AvgIpc) is 3.44. The van der Waals surface area contributed by atoms with Crippen LogP contribution in [0.5, 0.6) is 0 Å². The molecule has 0 unspecified atom stereocenters. The summed E-state index contributed by atoms with van der Waals surface area (Å²) >= 11 is 0. The largest absolute Gasteiger partial charge is 0.416 e. The van der Waals surface area contributed by atoms with Crippen LogP contribution in [0.1, 0.15) is 46.6 Å². The SMILES string of the molecule is O=C(c1cc(C(F)(F)F)ccn1)[C@]12Cc3cnn(-c4ccc(F)cc4)c3C=C1CC[C@H](N(CC(F)F)S(=O)(=O)c1ccc(F)cc1)C2. The fourth-order valence-corrected chi connectivity index (χ4v) is 8.05. The van der Waals surface area contributed by atoms with Crippen LogP contribution in [0.15, 0.2) is 83.5 Å². The van der Waals surface area contributed by atoms with E-state index in [1.165, 1.54) is 35.1 Å². The molecule has 1 saturated carbocycles. The van der Waals surface area contributed by atoms with Gasteiger partial charge in [-0.2, -0.15) is 22.6 Å². The number of pyridine rings is 1. The maximum atomic E-state index is 14.4. The second-order valence-corrected chi connectivity index (χ2v) is 13.3. The highest BCUT2D eigenvalue weighted by atomic mass is 32.2. The van der Waals surface area contributed by atoms with Gasteiger partial charge in [0.15, 0.2) is 5.78 Å². The van der Waals surface area contributed by atoms with Crippen LogP contribution in [0.3, 0.4) is 0 Å². The predicted octanol–water partition coefficient (Wildman–Crippen LogP) is 6.88. The van der Waals surface area contributed by atoms with E-state index in [0.29, 0.717) is 39.0 Å². The van der Waals surface area contributed by atoms with E-state index < -0.39 is 74.2 Å². The van der Waals surface area contributed by atoms with Gasteiger partial charge in [0.1, 0.15) is 17.3 Å². The number of alkyl halides is 5. The molecule has 2 aliphatic carbocycles. The number of allylic oxidation sites excluding steroid dienone is 1. The summed E-state index contributed by atoms with van der Waals surface area (Å²) in [6, 6.07) is 9.21. The van der Waals surface area contributed by atoms with Crippen molar-refractivity contribution in [2.45, 2.75) is 49.2 Å². The Hall–Kier alpha value is -4.37. The lowest BCUT2D eigenvalue weighted by Gasteiger charge is -2.46. The molecule has 0 aliphatic heterocycles. The Morgan fingerprint density at radius 2 is 1.68 bits per heavy atom. The first-order chi connectivity index (χ1) is 22.2. The Labute approximate surface area is 264 Å². The number of Topliss-reactive ketones (excluding diaryl/α,β-unsaturated/α-hetero) is 1. The molecule has 6 rings (SSSR count). The molecule has 7 nitrogen and oxygen atoms in total. The number of halogens is 7. The van der Waals surface area contributed by atoms with E-state index in [0.717, 1.165) is 30.5 Å². The Morgan fingerprint density at radius 1 is 1.02 bits per heavy atom. The fraction of sp³-hybridized carbons (Fsp3) is 0.281. The van der Waals surface area contributed by atoms with Crippen LogP contribution in [0.4, 0.5) is 30.7 Å². The van der Waals surface area contributed by atoms with E-state index in [-0.39, 0.29) is 25.7 Å². The van der Waals surface area contributed by atoms with Gasteiger partial charge in [-0.3, -0.25) is 9.78 Å². The van der Waals surface area contributed by atoms with Gasteiger partial charge in [-0.25, -0.2) is 30.7 Å². The van der Waals surface area contributed by atoms with Crippen molar-refractivity contribution in [3.8, 4) is 5.69 Å². The summed E-state index contributed by atoms with van der Waals surface area (Å²) in [6.45, 7) is -1.23. The first-order valence-electron chi connectivity index (χ1n) is 14.4. The highest BCUT2D eigenvalue weighted by Gasteiger charge is 2.52. The molecular formula is C32H25F7N4O3S. The molecule has 1 fully saturated rings. The van der Waals surface area contributed by atoms with Crippen molar-refractivity contribution in [2.24, 2.45) is 5.41 Å². The third-order valence-corrected chi connectivity index (χ3v) is 10.5. The molecule has 0 saturated heterocycles. The number of hydrogen-bond acceptors (Lipinski definition) is 5. The number of benzene rings is 2. The van der Waals surface area contributed by atoms with E-state index >= 15 is 0 Å². The second kappa shape index (κ2) is 12.0. The molecule has 2 aromatic heterocycles. The molecule has 246 valence electrons. The molecule has 0 bridgehead atoms. The molecule has 2 aliphatic rings. The summed E-state index contributed by atoms with van der Waals surface area (Å²) < 4.78 is 126. The van der Waals surface area contributed by atoms with Gasteiger partial charge in [0.25, 0.3) is 6.43 Å². The minimum Gasteiger partial charge on any atom is -0.291 e. The topological polar surface area (TPSA) is 85.2 Å². The van der Waals surface area contributed by atoms with Crippen LogP contribution in [-0.4, -0.2) is 52.3 Å². The van der Waals surface area contributed by atoms with Crippen LogP contribution in [-0.2, 0) is 22.6 Å². The zero-order valence-electron chi connectivity index (χ0n) is 24.3. The molecule has 2 atom stereocenters. The quantitative estimate of drug-likeness (QED) is 0.150. The van der Waals surface area contributed by atoms with E-state index in [9.17, 15) is 43.9 Å². The number of ketones is 1. The summed E-state index contributed by atoms with van der Waals surface area (Å²) in [4.78, 5) is 17.9. The number of carbonyl (C=O) groups is 1. The lowest BCUT2D eigenvalue weighted by Crippen LogP contribution is -2.51. The number of nitrogens with zero attached hydrogens (tertiary/aromatic N) is 4. The molecule has 0 radical (unpaired) electrons. The van der Waals surface area contributed by atoms with E-state index in [2.05, 4.69) is 10.1 Å². The van der Waals surface area contributed by atoms with Gasteiger partial charge >= 0.3 is 6.18 Å². The van der Waals surface area contributed by atoms with Crippen LogP contribution < -0.4 is 0 Å². The lowest BCUT2D eigenvalue weighted by molar-refractivity contribution is -0.137. The second-order valence-electron chi connectivity index (χ2n) is 11.4. The Kier molecular flexibility index (Phi) is 8.32. The van der Waals surface area contributed by atoms with Crippen LogP contribution >= 0.6 is 0 Å². The maximum absolute atomic E-state index is 14.4. The standard InChI is InChI=1S/C32H25F7N4O3S/c33-22-2-7-24(8-3-22)43-28-14-20-1-6-25(42(18-29(35)36)47(45,46)26-9-4-23(34)5-10-26)16-31(20,15-19(28)17-41-43)30(44)27-13-21(11-12-40-27)32(37,38)39/h2-5,7-14,17,25,29H,1,6,15-16,18H2/t25-,31-/m0/s1. The van der Waals surface area contributed by atoms with Gasteiger partial charge in [0, 0.05) is 12.2 Å².